The molecule has 0 aliphatic rings. The van der Waals surface area contributed by atoms with Crippen LogP contribution in [0.15, 0.2) is 59.7 Å². The predicted molar refractivity (Wildman–Crippen MR) is 116 cm³/mol. The Hall–Kier alpha value is -2.87. The van der Waals surface area contributed by atoms with Crippen molar-refractivity contribution in [3.05, 3.63) is 60.2 Å². The highest BCUT2D eigenvalue weighted by Crippen LogP contribution is 2.23. The maximum Gasteiger partial charge on any atom is 0.263 e. The van der Waals surface area contributed by atoms with E-state index in [1.807, 2.05) is 37.3 Å². The molecular formula is C21H27N3O4S. The Labute approximate surface area is 172 Å². The molecule has 29 heavy (non-hydrogen) atoms. The number of amides is 1. The van der Waals surface area contributed by atoms with Crippen LogP contribution in [0.3, 0.4) is 0 Å². The van der Waals surface area contributed by atoms with Gasteiger partial charge in [-0.3, -0.25) is 9.10 Å². The van der Waals surface area contributed by atoms with Gasteiger partial charge < -0.3 is 4.74 Å². The van der Waals surface area contributed by atoms with Crippen molar-refractivity contribution < 1.29 is 17.9 Å². The van der Waals surface area contributed by atoms with Gasteiger partial charge in [-0.05, 0) is 56.5 Å². The van der Waals surface area contributed by atoms with E-state index in [2.05, 4.69) is 10.5 Å². The van der Waals surface area contributed by atoms with Gasteiger partial charge in [0.1, 0.15) is 11.8 Å². The minimum absolute atomic E-state index is 0.376. The normalized spacial score (nSPS) is 12.9. The van der Waals surface area contributed by atoms with Crippen molar-refractivity contribution in [1.82, 2.24) is 5.43 Å². The third-order valence-electron chi connectivity index (χ3n) is 4.39. The van der Waals surface area contributed by atoms with Crippen molar-refractivity contribution in [2.45, 2.75) is 32.7 Å². The monoisotopic (exact) mass is 417 g/mol. The maximum absolute atomic E-state index is 12.6. The lowest BCUT2D eigenvalue weighted by atomic mass is 10.1. The SMILES string of the molecule is COc1ccc(N([C@H](C)C(=O)N/N=C(/C)CCc2ccccc2)S(C)(=O)=O)cc1. The van der Waals surface area contributed by atoms with Crippen LogP contribution < -0.4 is 14.5 Å². The quantitative estimate of drug-likeness (QED) is 0.502. The number of benzene rings is 2. The number of carbonyl (C=O) groups excluding carboxylic acids is 1. The fourth-order valence-electron chi connectivity index (χ4n) is 2.81. The molecule has 2 rings (SSSR count). The Morgan fingerprint density at radius 2 is 1.76 bits per heavy atom. The predicted octanol–water partition coefficient (Wildman–Crippen LogP) is 2.97. The molecule has 0 fully saturated rings. The van der Waals surface area contributed by atoms with Crippen LogP contribution >= 0.6 is 0 Å². The first-order chi connectivity index (χ1) is 13.7. The molecule has 0 aliphatic heterocycles. The van der Waals surface area contributed by atoms with Crippen LogP contribution in [0.1, 0.15) is 25.8 Å². The van der Waals surface area contributed by atoms with Gasteiger partial charge in [-0.25, -0.2) is 13.8 Å². The highest BCUT2D eigenvalue weighted by Gasteiger charge is 2.29. The first-order valence-electron chi connectivity index (χ1n) is 9.22. The van der Waals surface area contributed by atoms with E-state index in [0.717, 1.165) is 22.7 Å². The molecule has 1 atom stereocenters. The summed E-state index contributed by atoms with van der Waals surface area (Å²) in [6.07, 6.45) is 2.56. The van der Waals surface area contributed by atoms with Crippen molar-refractivity contribution >= 4 is 27.3 Å². The van der Waals surface area contributed by atoms with Crippen molar-refractivity contribution in [2.75, 3.05) is 17.7 Å². The van der Waals surface area contributed by atoms with Crippen LogP contribution in [0.4, 0.5) is 5.69 Å². The summed E-state index contributed by atoms with van der Waals surface area (Å²) < 4.78 is 30.8. The molecule has 7 nitrogen and oxygen atoms in total. The van der Waals surface area contributed by atoms with Gasteiger partial charge in [-0.1, -0.05) is 30.3 Å². The molecular weight excluding hydrogens is 390 g/mol. The summed E-state index contributed by atoms with van der Waals surface area (Å²) >= 11 is 0. The number of hydrogen-bond donors (Lipinski definition) is 1. The van der Waals surface area contributed by atoms with Crippen LogP contribution in [-0.4, -0.2) is 39.4 Å². The number of ether oxygens (including phenoxy) is 1. The number of nitrogens with one attached hydrogen (secondary N) is 1. The molecule has 1 amide bonds. The van der Waals surface area contributed by atoms with Gasteiger partial charge in [-0.15, -0.1) is 0 Å². The fraction of sp³-hybridized carbons (Fsp3) is 0.333. The summed E-state index contributed by atoms with van der Waals surface area (Å²) in [7, 11) is -2.16. The fourth-order valence-corrected chi connectivity index (χ4v) is 3.98. The lowest BCUT2D eigenvalue weighted by Gasteiger charge is -2.27. The van der Waals surface area contributed by atoms with Crippen LogP contribution in [0.25, 0.3) is 0 Å². The van der Waals surface area contributed by atoms with Gasteiger partial charge in [0.05, 0.1) is 19.1 Å². The first kappa shape index (κ1) is 22.4. The average Bonchev–Trinajstić information content (AvgIpc) is 2.70. The molecule has 0 saturated heterocycles. The number of carbonyl (C=O) groups is 1. The van der Waals surface area contributed by atoms with Crippen molar-refractivity contribution in [3.63, 3.8) is 0 Å². The summed E-state index contributed by atoms with van der Waals surface area (Å²) in [6.45, 7) is 3.35. The van der Waals surface area contributed by atoms with E-state index in [4.69, 9.17) is 4.74 Å². The van der Waals surface area contributed by atoms with Crippen LogP contribution in [0.5, 0.6) is 5.75 Å². The van der Waals surface area contributed by atoms with E-state index in [9.17, 15) is 13.2 Å². The van der Waals surface area contributed by atoms with Crippen molar-refractivity contribution in [3.8, 4) is 5.75 Å². The molecule has 0 unspecified atom stereocenters. The maximum atomic E-state index is 12.6. The molecule has 0 saturated carbocycles. The van der Waals surface area contributed by atoms with Gasteiger partial charge in [0.25, 0.3) is 5.91 Å². The highest BCUT2D eigenvalue weighted by molar-refractivity contribution is 7.92. The molecule has 0 bridgehead atoms. The van der Waals surface area contributed by atoms with E-state index in [1.165, 1.54) is 19.6 Å². The standard InChI is InChI=1S/C21H27N3O4S/c1-16(10-11-18-8-6-5-7-9-18)22-23-21(25)17(2)24(29(4,26)27)19-12-14-20(28-3)15-13-19/h5-9,12-15,17H,10-11H2,1-4H3,(H,23,25)/b22-16-/t17-/m1/s1. The number of hydrazone groups is 1. The molecule has 0 aliphatic carbocycles. The highest BCUT2D eigenvalue weighted by atomic mass is 32.2. The Kier molecular flexibility index (Phi) is 7.78. The molecule has 2 aromatic rings. The van der Waals surface area contributed by atoms with Gasteiger partial charge >= 0.3 is 0 Å². The lowest BCUT2D eigenvalue weighted by molar-refractivity contribution is -0.121. The Morgan fingerprint density at radius 1 is 1.14 bits per heavy atom. The van der Waals surface area contributed by atoms with Crippen LogP contribution in [0.2, 0.25) is 0 Å². The number of sulfonamides is 1. The van der Waals surface area contributed by atoms with Gasteiger partial charge in [0.15, 0.2) is 0 Å². The number of hydrogen-bond acceptors (Lipinski definition) is 5. The minimum atomic E-state index is -3.68. The number of anilines is 1. The van der Waals surface area contributed by atoms with Crippen molar-refractivity contribution in [2.24, 2.45) is 5.10 Å². The third-order valence-corrected chi connectivity index (χ3v) is 5.63. The molecule has 8 heteroatoms. The number of nitrogens with zero attached hydrogens (tertiary/aromatic N) is 2. The summed E-state index contributed by atoms with van der Waals surface area (Å²) in [4.78, 5) is 12.6. The van der Waals surface area contributed by atoms with Gasteiger partial charge in [0.2, 0.25) is 10.0 Å². The summed E-state index contributed by atoms with van der Waals surface area (Å²) in [5, 5.41) is 4.12. The molecule has 0 aromatic heterocycles. The Morgan fingerprint density at radius 3 is 2.31 bits per heavy atom. The minimum Gasteiger partial charge on any atom is -0.497 e. The third kappa shape index (κ3) is 6.60. The molecule has 156 valence electrons. The second kappa shape index (κ2) is 10.1. The van der Waals surface area contributed by atoms with E-state index < -0.39 is 22.0 Å². The number of aryl methyl sites for hydroxylation is 1. The molecule has 2 aromatic carbocycles. The van der Waals surface area contributed by atoms with Gasteiger partial charge in [-0.2, -0.15) is 5.10 Å². The number of methoxy groups -OCH3 is 1. The molecule has 1 N–H and O–H groups in total. The molecule has 0 spiro atoms. The topological polar surface area (TPSA) is 88.1 Å². The lowest BCUT2D eigenvalue weighted by Crippen LogP contribution is -2.46. The van der Waals surface area contributed by atoms with E-state index in [1.54, 1.807) is 24.3 Å². The smallest absolute Gasteiger partial charge is 0.263 e. The summed E-state index contributed by atoms with van der Waals surface area (Å²) in [6, 6.07) is 15.5. The van der Waals surface area contributed by atoms with Crippen LogP contribution in [-0.2, 0) is 21.2 Å². The molecule has 0 heterocycles. The second-order valence-corrected chi connectivity index (χ2v) is 8.60. The largest absolute Gasteiger partial charge is 0.497 e. The average molecular weight is 418 g/mol. The second-order valence-electron chi connectivity index (χ2n) is 6.74. The van der Waals surface area contributed by atoms with Crippen molar-refractivity contribution in [1.29, 1.82) is 0 Å². The Bertz CT molecular complexity index is 942. The number of rotatable bonds is 9. The summed E-state index contributed by atoms with van der Waals surface area (Å²) in [5.74, 6) is 0.0863. The van der Waals surface area contributed by atoms with E-state index in [-0.39, 0.29) is 0 Å². The zero-order chi connectivity index (χ0) is 21.4. The van der Waals surface area contributed by atoms with E-state index >= 15 is 0 Å². The zero-order valence-electron chi connectivity index (χ0n) is 17.1. The summed E-state index contributed by atoms with van der Waals surface area (Å²) in [5.41, 5.74) is 4.80. The van der Waals surface area contributed by atoms with E-state index in [0.29, 0.717) is 17.9 Å². The Balaban J connectivity index is 2.06. The zero-order valence-corrected chi connectivity index (χ0v) is 17.9. The van der Waals surface area contributed by atoms with Gasteiger partial charge in [0, 0.05) is 5.71 Å². The van der Waals surface area contributed by atoms with Crippen LogP contribution in [0, 0.1) is 0 Å². The molecule has 0 radical (unpaired) electrons. The first-order valence-corrected chi connectivity index (χ1v) is 11.1.